The van der Waals surface area contributed by atoms with Crippen molar-refractivity contribution in [3.63, 3.8) is 0 Å². The van der Waals surface area contributed by atoms with E-state index in [1.807, 2.05) is 0 Å². The number of benzene rings is 1. The van der Waals surface area contributed by atoms with Gasteiger partial charge < -0.3 is 19.1 Å². The Hall–Kier alpha value is -2.57. The van der Waals surface area contributed by atoms with E-state index in [9.17, 15) is 35.6 Å². The molecule has 1 aromatic carbocycles. The number of alkyl halides is 3. The fourth-order valence-electron chi connectivity index (χ4n) is 3.62. The van der Waals surface area contributed by atoms with Crippen molar-refractivity contribution in [2.75, 3.05) is 18.4 Å². The smallest absolute Gasteiger partial charge is 0.444 e. The zero-order valence-electron chi connectivity index (χ0n) is 16.8. The van der Waals surface area contributed by atoms with Crippen LogP contribution in [0, 0.1) is 5.82 Å². The van der Waals surface area contributed by atoms with Crippen LogP contribution in [0.5, 0.6) is 5.75 Å². The summed E-state index contributed by atoms with van der Waals surface area (Å²) in [6.45, 7) is 5.27. The van der Waals surface area contributed by atoms with Crippen molar-refractivity contribution < 1.29 is 44.5 Å². The number of fused-ring (bicyclic) bond motifs is 2. The molecule has 0 atom stereocenters. The van der Waals surface area contributed by atoms with Gasteiger partial charge in [-0.2, -0.15) is 21.6 Å². The third kappa shape index (κ3) is 4.27. The molecule has 172 valence electrons. The number of amides is 2. The number of nitrogens with zero attached hydrogens (tertiary/aromatic N) is 1. The lowest BCUT2D eigenvalue weighted by Gasteiger charge is -2.38. The van der Waals surface area contributed by atoms with Gasteiger partial charge in [-0.25, -0.2) is 9.18 Å². The standard InChI is InChI=1S/C18H20F4N2O6S/c1-16(2,3)29-15(26)24-6-4-17(5-7-24)13-11(19)8-10(9-12(13)23-14(17)25)30-31(27,28)18(20,21)22/h8-9H,4-7H2,1-3H3,(H,23,25). The number of carbonyl (C=O) groups excluding carboxylic acids is 2. The first kappa shape index (κ1) is 23.1. The van der Waals surface area contributed by atoms with Crippen LogP contribution in [-0.4, -0.2) is 49.5 Å². The van der Waals surface area contributed by atoms with E-state index in [0.717, 1.165) is 6.07 Å². The van der Waals surface area contributed by atoms with Crippen molar-refractivity contribution in [3.05, 3.63) is 23.5 Å². The molecule has 1 aromatic rings. The molecule has 8 nitrogen and oxygen atoms in total. The molecule has 1 N–H and O–H groups in total. The number of halogens is 4. The van der Waals surface area contributed by atoms with E-state index in [-0.39, 0.29) is 37.2 Å². The number of carbonyl (C=O) groups is 2. The Morgan fingerprint density at radius 2 is 1.74 bits per heavy atom. The van der Waals surface area contributed by atoms with Gasteiger partial charge >= 0.3 is 21.7 Å². The molecule has 2 amide bonds. The molecule has 1 fully saturated rings. The van der Waals surface area contributed by atoms with Crippen molar-refractivity contribution in [3.8, 4) is 5.75 Å². The highest BCUT2D eigenvalue weighted by Gasteiger charge is 2.52. The van der Waals surface area contributed by atoms with E-state index in [2.05, 4.69) is 9.50 Å². The normalized spacial score (nSPS) is 18.5. The molecule has 1 saturated heterocycles. The average Bonchev–Trinajstić information content (AvgIpc) is 2.84. The summed E-state index contributed by atoms with van der Waals surface area (Å²) in [6, 6.07) is 1.32. The number of piperidine rings is 1. The summed E-state index contributed by atoms with van der Waals surface area (Å²) < 4.78 is 84.1. The van der Waals surface area contributed by atoms with Gasteiger partial charge in [0.25, 0.3) is 0 Å². The van der Waals surface area contributed by atoms with Gasteiger partial charge in [-0.3, -0.25) is 4.79 Å². The number of nitrogens with one attached hydrogen (secondary N) is 1. The molecule has 2 aliphatic heterocycles. The quantitative estimate of drug-likeness (QED) is 0.406. The van der Waals surface area contributed by atoms with Crippen LogP contribution in [0.4, 0.5) is 28.0 Å². The fourth-order valence-corrected chi connectivity index (χ4v) is 4.06. The first-order valence-electron chi connectivity index (χ1n) is 9.20. The highest BCUT2D eigenvalue weighted by molar-refractivity contribution is 7.88. The van der Waals surface area contributed by atoms with Crippen molar-refractivity contribution in [1.29, 1.82) is 0 Å². The van der Waals surface area contributed by atoms with Crippen LogP contribution in [0.25, 0.3) is 0 Å². The zero-order chi connectivity index (χ0) is 23.4. The average molecular weight is 468 g/mol. The van der Waals surface area contributed by atoms with Crippen LogP contribution in [0.1, 0.15) is 39.2 Å². The van der Waals surface area contributed by atoms with Gasteiger partial charge in [0.05, 0.1) is 11.1 Å². The van der Waals surface area contributed by atoms with Crippen LogP contribution in [0.3, 0.4) is 0 Å². The highest BCUT2D eigenvalue weighted by atomic mass is 32.2. The summed E-state index contributed by atoms with van der Waals surface area (Å²) >= 11 is 0. The third-order valence-electron chi connectivity index (χ3n) is 4.98. The monoisotopic (exact) mass is 468 g/mol. The molecule has 0 unspecified atom stereocenters. The summed E-state index contributed by atoms with van der Waals surface area (Å²) in [4.78, 5) is 26.3. The van der Waals surface area contributed by atoms with E-state index in [0.29, 0.717) is 6.07 Å². The number of anilines is 1. The molecule has 0 bridgehead atoms. The van der Waals surface area contributed by atoms with E-state index in [1.54, 1.807) is 20.8 Å². The van der Waals surface area contributed by atoms with Crippen molar-refractivity contribution in [1.82, 2.24) is 4.90 Å². The second-order valence-corrected chi connectivity index (χ2v) is 9.85. The molecular formula is C18H20F4N2O6S. The van der Waals surface area contributed by atoms with Crippen LogP contribution in [0.15, 0.2) is 12.1 Å². The Balaban J connectivity index is 1.85. The summed E-state index contributed by atoms with van der Waals surface area (Å²) in [7, 11) is -6.00. The molecule has 1 spiro atoms. The minimum Gasteiger partial charge on any atom is -0.444 e. The Morgan fingerprint density at radius 3 is 2.26 bits per heavy atom. The van der Waals surface area contributed by atoms with Crippen LogP contribution in [0.2, 0.25) is 0 Å². The predicted molar refractivity (Wildman–Crippen MR) is 99.4 cm³/mol. The van der Waals surface area contributed by atoms with Gasteiger partial charge in [-0.15, -0.1) is 0 Å². The summed E-state index contributed by atoms with van der Waals surface area (Å²) in [5.74, 6) is -2.60. The maximum Gasteiger partial charge on any atom is 0.534 e. The SMILES string of the molecule is CC(C)(C)OC(=O)N1CCC2(CC1)C(=O)Nc1cc(OS(=O)(=O)C(F)(F)F)cc(F)c12. The molecule has 2 aliphatic rings. The van der Waals surface area contributed by atoms with Crippen molar-refractivity contribution in [2.24, 2.45) is 0 Å². The van der Waals surface area contributed by atoms with Gasteiger partial charge in [0.15, 0.2) is 0 Å². The summed E-state index contributed by atoms with van der Waals surface area (Å²) in [5.41, 5.74) is -8.04. The molecule has 31 heavy (non-hydrogen) atoms. The van der Waals surface area contributed by atoms with Crippen LogP contribution >= 0.6 is 0 Å². The highest BCUT2D eigenvalue weighted by Crippen LogP contribution is 2.48. The predicted octanol–water partition coefficient (Wildman–Crippen LogP) is 3.27. The lowest BCUT2D eigenvalue weighted by atomic mass is 9.73. The second kappa shape index (κ2) is 7.24. The van der Waals surface area contributed by atoms with Crippen LogP contribution in [-0.2, 0) is 25.1 Å². The molecule has 0 aliphatic carbocycles. The summed E-state index contributed by atoms with van der Waals surface area (Å²) in [6.07, 6.45) is -0.492. The van der Waals surface area contributed by atoms with Gasteiger partial charge in [0.2, 0.25) is 5.91 Å². The Morgan fingerprint density at radius 1 is 1.16 bits per heavy atom. The number of likely N-dealkylation sites (tertiary alicyclic amines) is 1. The zero-order valence-corrected chi connectivity index (χ0v) is 17.6. The maximum atomic E-state index is 14.9. The van der Waals surface area contributed by atoms with Crippen molar-refractivity contribution in [2.45, 2.75) is 50.1 Å². The Bertz CT molecular complexity index is 1020. The topological polar surface area (TPSA) is 102 Å². The number of rotatable bonds is 2. The summed E-state index contributed by atoms with van der Waals surface area (Å²) in [5, 5.41) is 2.38. The number of hydrogen-bond donors (Lipinski definition) is 1. The molecular weight excluding hydrogens is 448 g/mol. The van der Waals surface area contributed by atoms with Crippen molar-refractivity contribution >= 4 is 27.8 Å². The molecule has 0 radical (unpaired) electrons. The Labute approximate surface area is 175 Å². The van der Waals surface area contributed by atoms with Crippen LogP contribution < -0.4 is 9.50 Å². The Kier molecular flexibility index (Phi) is 5.40. The minimum atomic E-state index is -6.00. The largest absolute Gasteiger partial charge is 0.534 e. The molecule has 0 saturated carbocycles. The number of ether oxygens (including phenoxy) is 1. The third-order valence-corrected chi connectivity index (χ3v) is 5.96. The second-order valence-electron chi connectivity index (χ2n) is 8.31. The fraction of sp³-hybridized carbons (Fsp3) is 0.556. The van der Waals surface area contributed by atoms with E-state index in [4.69, 9.17) is 4.74 Å². The molecule has 3 rings (SSSR count). The maximum absolute atomic E-state index is 14.9. The first-order valence-corrected chi connectivity index (χ1v) is 10.6. The lowest BCUT2D eigenvalue weighted by molar-refractivity contribution is -0.122. The van der Waals surface area contributed by atoms with E-state index >= 15 is 0 Å². The molecule has 2 heterocycles. The van der Waals surface area contributed by atoms with Gasteiger partial charge in [-0.1, -0.05) is 0 Å². The van der Waals surface area contributed by atoms with Gasteiger partial charge in [-0.05, 0) is 33.6 Å². The first-order chi connectivity index (χ1) is 14.1. The molecule has 13 heteroatoms. The van der Waals surface area contributed by atoms with E-state index < -0.39 is 50.2 Å². The van der Waals surface area contributed by atoms with Gasteiger partial charge in [0, 0.05) is 30.8 Å². The lowest BCUT2D eigenvalue weighted by Crippen LogP contribution is -2.49. The van der Waals surface area contributed by atoms with E-state index in [1.165, 1.54) is 4.90 Å². The number of hydrogen-bond acceptors (Lipinski definition) is 6. The van der Waals surface area contributed by atoms with Gasteiger partial charge in [0.1, 0.15) is 17.2 Å². The molecule has 0 aromatic heterocycles. The minimum absolute atomic E-state index is 0.0447.